The number of fused-ring (bicyclic) bond motifs is 1. The molecule has 2 aliphatic rings. The molecule has 11 heteroatoms. The number of nitrogens with one attached hydrogen (secondary N) is 1. The van der Waals surface area contributed by atoms with Crippen LogP contribution in [0.5, 0.6) is 0 Å². The number of piperazine rings is 1. The van der Waals surface area contributed by atoms with Gasteiger partial charge in [0.25, 0.3) is 0 Å². The molecule has 4 heterocycles. The Balaban J connectivity index is 1.36. The van der Waals surface area contributed by atoms with E-state index in [0.717, 1.165) is 35.5 Å². The highest BCUT2D eigenvalue weighted by atomic mass is 16.6. The molecule has 1 fully saturated rings. The number of benzene rings is 1. The molecule has 1 N–H and O–H groups in total. The molecule has 5 rings (SSSR count). The van der Waals surface area contributed by atoms with Crippen molar-refractivity contribution in [3.63, 3.8) is 0 Å². The molecule has 2 atom stereocenters. The van der Waals surface area contributed by atoms with E-state index in [0.29, 0.717) is 29.1 Å². The van der Waals surface area contributed by atoms with Crippen LogP contribution in [0.3, 0.4) is 0 Å². The number of aryl methyl sites for hydroxylation is 1. The van der Waals surface area contributed by atoms with Gasteiger partial charge >= 0.3 is 5.97 Å². The molecule has 0 aliphatic carbocycles. The van der Waals surface area contributed by atoms with Crippen LogP contribution >= 0.6 is 0 Å². The van der Waals surface area contributed by atoms with Crippen molar-refractivity contribution in [3.8, 4) is 11.9 Å². The molecule has 2 aromatic heterocycles. The largest absolute Gasteiger partial charge is 0.471 e. The van der Waals surface area contributed by atoms with E-state index in [-0.39, 0.29) is 12.1 Å². The Kier molecular flexibility index (Phi) is 5.74. The fraction of sp³-hybridized carbons (Fsp3) is 0.375. The minimum atomic E-state index is -1.62. The van der Waals surface area contributed by atoms with Gasteiger partial charge < -0.3 is 10.1 Å². The van der Waals surface area contributed by atoms with Crippen LogP contribution in [-0.4, -0.2) is 65.7 Å². The summed E-state index contributed by atoms with van der Waals surface area (Å²) in [7, 11) is 12.2. The molecular formula is C24H23B2N7O2. The molecular weight excluding hydrogens is 440 g/mol. The number of hydrogen-bond acceptors (Lipinski definition) is 8. The Hall–Kier alpha value is -3.48. The minimum Gasteiger partial charge on any atom is -0.471 e. The van der Waals surface area contributed by atoms with E-state index >= 15 is 0 Å². The molecule has 3 aromatic rings. The number of nitrogens with zero attached hydrogens (tertiary/aromatic N) is 6. The summed E-state index contributed by atoms with van der Waals surface area (Å²) < 4.78 is 5.17. The van der Waals surface area contributed by atoms with Crippen LogP contribution < -0.4 is 5.32 Å². The fourth-order valence-electron chi connectivity index (χ4n) is 5.00. The van der Waals surface area contributed by atoms with Crippen LogP contribution in [-0.2, 0) is 16.7 Å². The summed E-state index contributed by atoms with van der Waals surface area (Å²) in [5.41, 5.74) is 5.01. The van der Waals surface area contributed by atoms with Gasteiger partial charge in [-0.2, -0.15) is 15.5 Å². The Morgan fingerprint density at radius 3 is 2.83 bits per heavy atom. The number of ether oxygens (including phenoxy) is 1. The third kappa shape index (κ3) is 4.24. The Bertz CT molecular complexity index is 1360. The van der Waals surface area contributed by atoms with Crippen molar-refractivity contribution in [1.82, 2.24) is 30.2 Å². The van der Waals surface area contributed by atoms with E-state index in [9.17, 15) is 4.79 Å². The lowest BCUT2D eigenvalue weighted by Gasteiger charge is -2.38. The number of esters is 1. The topological polar surface area (TPSA) is 109 Å². The Morgan fingerprint density at radius 2 is 2.09 bits per heavy atom. The van der Waals surface area contributed by atoms with Crippen LogP contribution in [0.2, 0.25) is 0 Å². The summed E-state index contributed by atoms with van der Waals surface area (Å²) in [6.07, 6.45) is 3.27. The molecule has 1 aromatic carbocycles. The number of rotatable bonds is 4. The van der Waals surface area contributed by atoms with E-state index in [2.05, 4.69) is 38.4 Å². The molecule has 0 unspecified atom stereocenters. The highest BCUT2D eigenvalue weighted by Gasteiger charge is 2.39. The van der Waals surface area contributed by atoms with Crippen LogP contribution in [0.1, 0.15) is 56.8 Å². The number of cyclic esters (lactones) is 1. The second-order valence-electron chi connectivity index (χ2n) is 9.29. The van der Waals surface area contributed by atoms with Crippen LogP contribution in [0.4, 0.5) is 0 Å². The van der Waals surface area contributed by atoms with Gasteiger partial charge in [0, 0.05) is 37.9 Å². The zero-order chi connectivity index (χ0) is 24.9. The molecule has 0 spiro atoms. The van der Waals surface area contributed by atoms with E-state index in [1.54, 1.807) is 18.3 Å². The highest BCUT2D eigenvalue weighted by Crippen LogP contribution is 2.37. The third-order valence-electron chi connectivity index (χ3n) is 6.56. The quantitative estimate of drug-likeness (QED) is 0.456. The third-order valence-corrected chi connectivity index (χ3v) is 6.56. The number of hydrogen-bond donors (Lipinski definition) is 1. The lowest BCUT2D eigenvalue weighted by Crippen LogP contribution is -2.50. The summed E-state index contributed by atoms with van der Waals surface area (Å²) in [6.45, 7) is 8.09. The van der Waals surface area contributed by atoms with Crippen molar-refractivity contribution in [2.75, 3.05) is 13.1 Å². The van der Waals surface area contributed by atoms with Gasteiger partial charge in [0.2, 0.25) is 0 Å². The molecule has 35 heavy (non-hydrogen) atoms. The van der Waals surface area contributed by atoms with E-state index in [1.165, 1.54) is 11.0 Å². The highest BCUT2D eigenvalue weighted by molar-refractivity contribution is 6.41. The fourth-order valence-corrected chi connectivity index (χ4v) is 5.00. The number of aromatic nitrogens is 4. The summed E-state index contributed by atoms with van der Waals surface area (Å²) in [5.74, 6) is 0.0678. The average molecular weight is 463 g/mol. The molecule has 0 saturated carbocycles. The van der Waals surface area contributed by atoms with Crippen molar-refractivity contribution in [2.45, 2.75) is 44.8 Å². The maximum Gasteiger partial charge on any atom is 0.337 e. The molecule has 4 radical (unpaired) electrons. The molecule has 1 saturated heterocycles. The van der Waals surface area contributed by atoms with E-state index in [4.69, 9.17) is 25.7 Å². The first-order chi connectivity index (χ1) is 16.7. The Morgan fingerprint density at radius 1 is 1.29 bits per heavy atom. The van der Waals surface area contributed by atoms with Crippen molar-refractivity contribution in [3.05, 3.63) is 69.7 Å². The van der Waals surface area contributed by atoms with Crippen molar-refractivity contribution in [2.24, 2.45) is 0 Å². The summed E-state index contributed by atoms with van der Waals surface area (Å²) in [5, 5.41) is 20.1. The van der Waals surface area contributed by atoms with Crippen LogP contribution in [0, 0.1) is 25.2 Å². The molecule has 9 nitrogen and oxygen atoms in total. The second kappa shape index (κ2) is 8.63. The summed E-state index contributed by atoms with van der Waals surface area (Å²) >= 11 is 0. The lowest BCUT2D eigenvalue weighted by atomic mass is 9.60. The molecule has 0 bridgehead atoms. The van der Waals surface area contributed by atoms with Crippen LogP contribution in [0.15, 0.2) is 30.6 Å². The zero-order valence-corrected chi connectivity index (χ0v) is 19.8. The van der Waals surface area contributed by atoms with Gasteiger partial charge in [-0.1, -0.05) is 6.07 Å². The van der Waals surface area contributed by atoms with E-state index in [1.807, 2.05) is 19.9 Å². The van der Waals surface area contributed by atoms with Gasteiger partial charge in [-0.15, -0.1) is 4.80 Å². The standard InChI is InChI=1S/C24H23B2N7O2/c1-13-6-21(28-8-16(13)7-27)33-29-9-17(31-33)11-32-10-14(2)30-20(12-32)18-4-5-19-22(15(18)3)24(25,26)35-23(19)34/h4-6,8-9,14,20,30H,10-12H2,1-3H3/t14-,20-/m0/s1. The summed E-state index contributed by atoms with van der Waals surface area (Å²) in [4.78, 5) is 20.2. The monoisotopic (exact) mass is 463 g/mol. The van der Waals surface area contributed by atoms with Gasteiger partial charge in [-0.3, -0.25) is 4.90 Å². The number of pyridine rings is 1. The zero-order valence-electron chi connectivity index (χ0n) is 19.8. The molecule has 172 valence electrons. The predicted molar refractivity (Wildman–Crippen MR) is 129 cm³/mol. The first-order valence-corrected chi connectivity index (χ1v) is 11.4. The second-order valence-corrected chi connectivity index (χ2v) is 9.29. The predicted octanol–water partition coefficient (Wildman–Crippen LogP) is 1.30. The van der Waals surface area contributed by atoms with Crippen molar-refractivity contribution >= 4 is 21.7 Å². The number of carbonyl (C=O) groups excluding carboxylic acids is 1. The normalized spacial score (nSPS) is 21.4. The first kappa shape index (κ1) is 23.3. The average Bonchev–Trinajstić information content (AvgIpc) is 3.35. The molecule has 2 aliphatic heterocycles. The van der Waals surface area contributed by atoms with Crippen molar-refractivity contribution < 1.29 is 9.53 Å². The number of carbonyl (C=O) groups is 1. The van der Waals surface area contributed by atoms with E-state index < -0.39 is 11.4 Å². The maximum atomic E-state index is 12.1. The minimum absolute atomic E-state index is 0.00781. The van der Waals surface area contributed by atoms with Gasteiger partial charge in [0.1, 0.15) is 21.8 Å². The smallest absolute Gasteiger partial charge is 0.337 e. The van der Waals surface area contributed by atoms with Gasteiger partial charge in [0.05, 0.1) is 28.4 Å². The van der Waals surface area contributed by atoms with Crippen molar-refractivity contribution in [1.29, 1.82) is 5.26 Å². The lowest BCUT2D eigenvalue weighted by molar-refractivity contribution is 0.0444. The SMILES string of the molecule is [B]C1([B])OC(=O)c2ccc([C@@H]3CN(Cc4cnn(-c5cc(C)c(C#N)cn5)n4)C[C@H](C)N3)c(C)c21. The van der Waals surface area contributed by atoms with Gasteiger partial charge in [0.15, 0.2) is 5.82 Å². The molecule has 0 amide bonds. The van der Waals surface area contributed by atoms with Gasteiger partial charge in [-0.05, 0) is 55.2 Å². The first-order valence-electron chi connectivity index (χ1n) is 11.4. The maximum absolute atomic E-state index is 12.1. The van der Waals surface area contributed by atoms with Crippen LogP contribution in [0.25, 0.3) is 5.82 Å². The number of nitriles is 1. The summed E-state index contributed by atoms with van der Waals surface area (Å²) in [6, 6.07) is 7.83. The van der Waals surface area contributed by atoms with Gasteiger partial charge in [-0.25, -0.2) is 9.78 Å². The Labute approximate surface area is 206 Å².